The van der Waals surface area contributed by atoms with Crippen molar-refractivity contribution in [2.24, 2.45) is 0 Å². The van der Waals surface area contributed by atoms with E-state index in [2.05, 4.69) is 15.4 Å². The van der Waals surface area contributed by atoms with E-state index in [0.29, 0.717) is 53.9 Å². The Bertz CT molecular complexity index is 2220. The van der Waals surface area contributed by atoms with Crippen LogP contribution in [0.15, 0.2) is 128 Å². The number of aryl methyl sites for hydroxylation is 1. The number of nitrogens with one attached hydrogen (secondary N) is 2. The van der Waals surface area contributed by atoms with E-state index < -0.39 is 6.16 Å². The van der Waals surface area contributed by atoms with Gasteiger partial charge < -0.3 is 24.9 Å². The maximum Gasteiger partial charge on any atom is 0.512 e. The van der Waals surface area contributed by atoms with E-state index >= 15 is 0 Å². The Morgan fingerprint density at radius 1 is 0.812 bits per heavy atom. The van der Waals surface area contributed by atoms with Crippen molar-refractivity contribution in [3.8, 4) is 28.6 Å². The van der Waals surface area contributed by atoms with Gasteiger partial charge in [0.05, 0.1) is 35.3 Å². The highest BCUT2D eigenvalue weighted by atomic mass is 16.7. The SMILES string of the molecule is O=C(O)Oc1[nH]c2c(-c3c(C(=O)NCc4ccccc4)cnn3-c3ccccc3)cccc2c1CCCOc1cccc2ccccc12. The summed E-state index contributed by atoms with van der Waals surface area (Å²) in [5.41, 5.74) is 4.69. The van der Waals surface area contributed by atoms with Crippen molar-refractivity contribution < 1.29 is 24.2 Å². The minimum atomic E-state index is -1.42. The van der Waals surface area contributed by atoms with Gasteiger partial charge in [0.15, 0.2) is 0 Å². The molecule has 7 rings (SSSR count). The molecule has 2 aromatic heterocycles. The molecule has 3 N–H and O–H groups in total. The molecule has 0 spiro atoms. The monoisotopic (exact) mass is 636 g/mol. The van der Waals surface area contributed by atoms with Crippen molar-refractivity contribution in [1.82, 2.24) is 20.1 Å². The van der Waals surface area contributed by atoms with Crippen LogP contribution in [0.25, 0.3) is 38.6 Å². The van der Waals surface area contributed by atoms with Gasteiger partial charge in [-0.25, -0.2) is 9.48 Å². The molecule has 2 heterocycles. The van der Waals surface area contributed by atoms with Crippen LogP contribution >= 0.6 is 0 Å². The molecule has 0 aliphatic heterocycles. The number of amides is 1. The Balaban J connectivity index is 1.24. The van der Waals surface area contributed by atoms with Gasteiger partial charge >= 0.3 is 6.16 Å². The molecule has 0 saturated carbocycles. The standard InChI is InChI=1S/C39H32N4O5/c44-37(40-24-26-12-3-1-4-13-26)33-25-41-43(28-16-5-2-6-17-28)36(33)32-20-10-19-30-31(38(42-35(30)32)48-39(45)46)21-11-23-47-34-22-9-15-27-14-7-8-18-29(27)34/h1-10,12-20,22,25,42H,11,21,23-24H2,(H,40,44)(H,45,46). The van der Waals surface area contributed by atoms with E-state index in [0.717, 1.165) is 33.2 Å². The summed E-state index contributed by atoms with van der Waals surface area (Å²) >= 11 is 0. The number of aromatic amines is 1. The minimum absolute atomic E-state index is 0.135. The van der Waals surface area contributed by atoms with E-state index in [1.54, 1.807) is 10.9 Å². The predicted octanol–water partition coefficient (Wildman–Crippen LogP) is 8.17. The smallest absolute Gasteiger partial charge is 0.493 e. The van der Waals surface area contributed by atoms with Crippen LogP contribution in [-0.2, 0) is 13.0 Å². The number of aromatic nitrogens is 3. The van der Waals surface area contributed by atoms with Crippen LogP contribution in [0.4, 0.5) is 4.79 Å². The van der Waals surface area contributed by atoms with Gasteiger partial charge in [-0.3, -0.25) is 4.79 Å². The Hall–Kier alpha value is -6.35. The van der Waals surface area contributed by atoms with Gasteiger partial charge in [-0.2, -0.15) is 5.10 Å². The van der Waals surface area contributed by atoms with Gasteiger partial charge in [0.2, 0.25) is 5.88 Å². The molecule has 238 valence electrons. The van der Waals surface area contributed by atoms with Crippen molar-refractivity contribution in [1.29, 1.82) is 0 Å². The molecule has 0 unspecified atom stereocenters. The lowest BCUT2D eigenvalue weighted by molar-refractivity contribution is 0.0951. The number of carbonyl (C=O) groups is 2. The molecule has 0 bridgehead atoms. The third-order valence-corrected chi connectivity index (χ3v) is 8.24. The van der Waals surface area contributed by atoms with Crippen LogP contribution in [0.3, 0.4) is 0 Å². The number of hydrogen-bond acceptors (Lipinski definition) is 5. The van der Waals surface area contributed by atoms with Gasteiger partial charge in [0, 0.05) is 28.4 Å². The zero-order chi connectivity index (χ0) is 32.9. The zero-order valence-electron chi connectivity index (χ0n) is 25.9. The lowest BCUT2D eigenvalue weighted by Crippen LogP contribution is -2.23. The number of ether oxygens (including phenoxy) is 2. The summed E-state index contributed by atoms with van der Waals surface area (Å²) in [6.07, 6.45) is 1.22. The van der Waals surface area contributed by atoms with Gasteiger partial charge in [0.25, 0.3) is 5.91 Å². The summed E-state index contributed by atoms with van der Waals surface area (Å²) in [7, 11) is 0. The molecule has 9 nitrogen and oxygen atoms in total. The Labute approximate surface area is 276 Å². The van der Waals surface area contributed by atoms with Crippen LogP contribution < -0.4 is 14.8 Å². The molecular weight excluding hydrogens is 604 g/mol. The van der Waals surface area contributed by atoms with Crippen molar-refractivity contribution >= 4 is 33.7 Å². The quantitative estimate of drug-likeness (QED) is 0.0974. The summed E-state index contributed by atoms with van der Waals surface area (Å²) in [6.45, 7) is 0.767. The molecule has 0 fully saturated rings. The molecule has 5 aromatic carbocycles. The molecule has 1 amide bonds. The second kappa shape index (κ2) is 13.6. The molecule has 0 radical (unpaired) electrons. The number of para-hydroxylation sites is 2. The molecule has 9 heteroatoms. The Morgan fingerprint density at radius 2 is 1.52 bits per heavy atom. The first kappa shape index (κ1) is 30.3. The molecule has 48 heavy (non-hydrogen) atoms. The highest BCUT2D eigenvalue weighted by Crippen LogP contribution is 2.38. The maximum absolute atomic E-state index is 13.7. The van der Waals surface area contributed by atoms with Crippen LogP contribution in [0.5, 0.6) is 11.6 Å². The number of H-pyrrole nitrogens is 1. The lowest BCUT2D eigenvalue weighted by Gasteiger charge is -2.12. The number of nitrogens with zero attached hydrogens (tertiary/aromatic N) is 2. The molecule has 0 aliphatic carbocycles. The van der Waals surface area contributed by atoms with E-state index in [1.165, 1.54) is 0 Å². The van der Waals surface area contributed by atoms with Gasteiger partial charge in [0.1, 0.15) is 5.75 Å². The zero-order valence-corrected chi connectivity index (χ0v) is 25.9. The summed E-state index contributed by atoms with van der Waals surface area (Å²) in [4.78, 5) is 28.7. The van der Waals surface area contributed by atoms with Crippen molar-refractivity contribution in [2.45, 2.75) is 19.4 Å². The van der Waals surface area contributed by atoms with E-state index in [9.17, 15) is 14.7 Å². The number of hydrogen-bond donors (Lipinski definition) is 3. The second-order valence-corrected chi connectivity index (χ2v) is 11.3. The molecule has 0 saturated heterocycles. The molecule has 7 aromatic rings. The topological polar surface area (TPSA) is 118 Å². The Morgan fingerprint density at radius 3 is 2.33 bits per heavy atom. The van der Waals surface area contributed by atoms with Crippen LogP contribution in [-0.4, -0.2) is 38.5 Å². The fourth-order valence-electron chi connectivity index (χ4n) is 6.03. The van der Waals surface area contributed by atoms with Crippen molar-refractivity contribution in [3.05, 3.63) is 144 Å². The van der Waals surface area contributed by atoms with Crippen LogP contribution in [0.2, 0.25) is 0 Å². The highest BCUT2D eigenvalue weighted by molar-refractivity contribution is 6.05. The van der Waals surface area contributed by atoms with Crippen LogP contribution in [0, 0.1) is 0 Å². The maximum atomic E-state index is 13.7. The first-order chi connectivity index (χ1) is 23.6. The number of rotatable bonds is 11. The van der Waals surface area contributed by atoms with Gasteiger partial charge in [-0.1, -0.05) is 103 Å². The van der Waals surface area contributed by atoms with Crippen molar-refractivity contribution in [3.63, 3.8) is 0 Å². The third-order valence-electron chi connectivity index (χ3n) is 8.24. The summed E-state index contributed by atoms with van der Waals surface area (Å²) in [6, 6.07) is 38.9. The van der Waals surface area contributed by atoms with Crippen molar-refractivity contribution in [2.75, 3.05) is 6.61 Å². The van der Waals surface area contributed by atoms with Crippen LogP contribution in [0.1, 0.15) is 27.9 Å². The fourth-order valence-corrected chi connectivity index (χ4v) is 6.03. The summed E-state index contributed by atoms with van der Waals surface area (Å²) in [5, 5.41) is 20.2. The first-order valence-corrected chi connectivity index (χ1v) is 15.7. The average Bonchev–Trinajstić information content (AvgIpc) is 3.71. The predicted molar refractivity (Wildman–Crippen MR) is 185 cm³/mol. The normalized spacial score (nSPS) is 11.1. The second-order valence-electron chi connectivity index (χ2n) is 11.3. The molecule has 0 aliphatic rings. The number of benzene rings is 5. The van der Waals surface area contributed by atoms with E-state index in [-0.39, 0.29) is 11.8 Å². The summed E-state index contributed by atoms with van der Waals surface area (Å²) in [5.74, 6) is 0.645. The third kappa shape index (κ3) is 6.21. The lowest BCUT2D eigenvalue weighted by atomic mass is 10.0. The number of carboxylic acid groups (broad SMARTS) is 1. The minimum Gasteiger partial charge on any atom is -0.493 e. The van der Waals surface area contributed by atoms with E-state index in [1.807, 2.05) is 121 Å². The number of carbonyl (C=O) groups excluding carboxylic acids is 1. The Kier molecular flexibility index (Phi) is 8.56. The van der Waals surface area contributed by atoms with E-state index in [4.69, 9.17) is 9.47 Å². The average molecular weight is 637 g/mol. The molecular formula is C39H32N4O5. The fraction of sp³-hybridized carbons (Fsp3) is 0.103. The molecule has 0 atom stereocenters. The largest absolute Gasteiger partial charge is 0.512 e. The highest BCUT2D eigenvalue weighted by Gasteiger charge is 2.25. The van der Waals surface area contributed by atoms with Gasteiger partial charge in [-0.15, -0.1) is 0 Å². The van der Waals surface area contributed by atoms with Gasteiger partial charge in [-0.05, 0) is 42.0 Å². The first-order valence-electron chi connectivity index (χ1n) is 15.7. The number of fused-ring (bicyclic) bond motifs is 2. The summed E-state index contributed by atoms with van der Waals surface area (Å²) < 4.78 is 13.2.